The van der Waals surface area contributed by atoms with Gasteiger partial charge in [-0.15, -0.1) is 6.42 Å². The quantitative estimate of drug-likeness (QED) is 0.425. The largest absolute Gasteiger partial charge is 0.322 e. The number of hydrogen-bond acceptors (Lipinski definition) is 2. The second kappa shape index (κ2) is 7.79. The zero-order chi connectivity index (χ0) is 20.4. The Labute approximate surface area is 174 Å². The molecule has 0 bridgehead atoms. The highest BCUT2D eigenvalue weighted by atomic mass is 35.5. The molecule has 0 radical (unpaired) electrons. The van der Waals surface area contributed by atoms with Crippen LogP contribution in [0.3, 0.4) is 0 Å². The van der Waals surface area contributed by atoms with E-state index in [1.165, 1.54) is 0 Å². The summed E-state index contributed by atoms with van der Waals surface area (Å²) in [6, 6.07) is 22.4. The van der Waals surface area contributed by atoms with Crippen LogP contribution in [0.25, 0.3) is 22.2 Å². The Morgan fingerprint density at radius 1 is 1.03 bits per heavy atom. The molecule has 0 atom stereocenters. The third-order valence-electron chi connectivity index (χ3n) is 4.77. The Bertz CT molecular complexity index is 1260. The maximum Gasteiger partial charge on any atom is 0.256 e. The van der Waals surface area contributed by atoms with Gasteiger partial charge in [-0.3, -0.25) is 4.79 Å². The molecule has 0 aliphatic carbocycles. The zero-order valence-corrected chi connectivity index (χ0v) is 16.5. The second-order valence-electron chi connectivity index (χ2n) is 6.66. The number of carbonyl (C=O) groups is 1. The Morgan fingerprint density at radius 2 is 1.76 bits per heavy atom. The van der Waals surface area contributed by atoms with Gasteiger partial charge in [-0.25, -0.2) is 4.98 Å². The molecule has 1 heterocycles. The van der Waals surface area contributed by atoms with Crippen molar-refractivity contribution in [2.75, 3.05) is 5.32 Å². The van der Waals surface area contributed by atoms with Gasteiger partial charge in [0.15, 0.2) is 0 Å². The Kier molecular flexibility index (Phi) is 5.03. The fourth-order valence-corrected chi connectivity index (χ4v) is 3.47. The number of nitrogens with zero attached hydrogens (tertiary/aromatic N) is 1. The lowest BCUT2D eigenvalue weighted by molar-refractivity contribution is 0.102. The van der Waals surface area contributed by atoms with Gasteiger partial charge >= 0.3 is 0 Å². The van der Waals surface area contributed by atoms with Gasteiger partial charge in [0.2, 0.25) is 0 Å². The summed E-state index contributed by atoms with van der Waals surface area (Å²) < 4.78 is 0. The van der Waals surface area contributed by atoms with Crippen LogP contribution in [-0.4, -0.2) is 10.9 Å². The summed E-state index contributed by atoms with van der Waals surface area (Å²) in [4.78, 5) is 18.1. The molecule has 140 valence electrons. The molecule has 1 amide bonds. The second-order valence-corrected chi connectivity index (χ2v) is 7.10. The third-order valence-corrected chi connectivity index (χ3v) is 5.02. The summed E-state index contributed by atoms with van der Waals surface area (Å²) in [5, 5.41) is 4.29. The molecule has 4 rings (SSSR count). The average Bonchev–Trinajstić information content (AvgIpc) is 2.75. The highest BCUT2D eigenvalue weighted by Crippen LogP contribution is 2.31. The van der Waals surface area contributed by atoms with Crippen LogP contribution in [0.5, 0.6) is 0 Å². The molecule has 29 heavy (non-hydrogen) atoms. The molecule has 0 saturated carbocycles. The van der Waals surface area contributed by atoms with Gasteiger partial charge in [-0.1, -0.05) is 47.9 Å². The molecule has 0 unspecified atom stereocenters. The molecule has 0 fully saturated rings. The highest BCUT2D eigenvalue weighted by Gasteiger charge is 2.19. The van der Waals surface area contributed by atoms with Crippen molar-refractivity contribution in [3.05, 3.63) is 94.5 Å². The van der Waals surface area contributed by atoms with Gasteiger partial charge in [-0.2, -0.15) is 0 Å². The molecule has 4 aromatic rings. The van der Waals surface area contributed by atoms with Gasteiger partial charge in [-0.05, 0) is 55.0 Å². The number of rotatable bonds is 3. The summed E-state index contributed by atoms with van der Waals surface area (Å²) in [6.45, 7) is 1.91. The number of halogens is 1. The van der Waals surface area contributed by atoms with Crippen LogP contribution in [-0.2, 0) is 0 Å². The monoisotopic (exact) mass is 396 g/mol. The fourth-order valence-electron chi connectivity index (χ4n) is 3.34. The molecule has 0 aliphatic heterocycles. The summed E-state index contributed by atoms with van der Waals surface area (Å²) in [7, 11) is 0. The average molecular weight is 397 g/mol. The van der Waals surface area contributed by atoms with E-state index >= 15 is 0 Å². The van der Waals surface area contributed by atoms with E-state index in [0.29, 0.717) is 21.8 Å². The fraction of sp³-hybridized carbons (Fsp3) is 0.0400. The summed E-state index contributed by atoms with van der Waals surface area (Å²) in [5.74, 6) is 2.41. The van der Waals surface area contributed by atoms with Crippen LogP contribution in [0.4, 0.5) is 5.69 Å². The van der Waals surface area contributed by atoms with E-state index in [2.05, 4.69) is 11.2 Å². The van der Waals surface area contributed by atoms with Crippen LogP contribution in [0.2, 0.25) is 5.02 Å². The number of terminal acetylenes is 1. The number of hydrogen-bond donors (Lipinski definition) is 1. The van der Waals surface area contributed by atoms with Crippen molar-refractivity contribution in [3.8, 4) is 23.6 Å². The number of nitrogens with one attached hydrogen (secondary N) is 1. The van der Waals surface area contributed by atoms with Crippen molar-refractivity contribution >= 4 is 34.1 Å². The van der Waals surface area contributed by atoms with E-state index < -0.39 is 0 Å². The molecule has 1 aromatic heterocycles. The summed E-state index contributed by atoms with van der Waals surface area (Å²) in [5.41, 5.74) is 5.16. The number of amides is 1. The van der Waals surface area contributed by atoms with E-state index in [1.54, 1.807) is 24.3 Å². The van der Waals surface area contributed by atoms with Crippen LogP contribution in [0.1, 0.15) is 21.5 Å². The maximum absolute atomic E-state index is 13.3. The van der Waals surface area contributed by atoms with E-state index in [0.717, 1.165) is 27.7 Å². The number of carbonyl (C=O) groups excluding carboxylic acids is 1. The van der Waals surface area contributed by atoms with Crippen LogP contribution >= 0.6 is 11.6 Å². The first-order chi connectivity index (χ1) is 14.1. The first-order valence-corrected chi connectivity index (χ1v) is 9.48. The van der Waals surface area contributed by atoms with Gasteiger partial charge < -0.3 is 5.32 Å². The number of aromatic nitrogens is 1. The van der Waals surface area contributed by atoms with Crippen molar-refractivity contribution in [3.63, 3.8) is 0 Å². The number of anilines is 1. The lowest BCUT2D eigenvalue weighted by Crippen LogP contribution is -2.15. The summed E-state index contributed by atoms with van der Waals surface area (Å²) >= 11 is 5.95. The van der Waals surface area contributed by atoms with Crippen molar-refractivity contribution in [2.24, 2.45) is 0 Å². The first kappa shape index (κ1) is 18.7. The lowest BCUT2D eigenvalue weighted by atomic mass is 9.96. The molecule has 0 aliphatic rings. The van der Waals surface area contributed by atoms with E-state index in [9.17, 15) is 4.79 Å². The minimum absolute atomic E-state index is 0.219. The Hall–Kier alpha value is -3.61. The van der Waals surface area contributed by atoms with Crippen molar-refractivity contribution < 1.29 is 4.79 Å². The molecular formula is C25H17ClN2O. The predicted octanol–water partition coefficient (Wildman–Crippen LogP) is 6.10. The van der Waals surface area contributed by atoms with Crippen molar-refractivity contribution in [1.82, 2.24) is 4.98 Å². The molecular weight excluding hydrogens is 380 g/mol. The number of pyridine rings is 1. The molecule has 0 spiro atoms. The predicted molar refractivity (Wildman–Crippen MR) is 119 cm³/mol. The lowest BCUT2D eigenvalue weighted by Gasteiger charge is -2.15. The van der Waals surface area contributed by atoms with Crippen LogP contribution in [0.15, 0.2) is 72.8 Å². The van der Waals surface area contributed by atoms with Gasteiger partial charge in [0.1, 0.15) is 0 Å². The van der Waals surface area contributed by atoms with Crippen LogP contribution < -0.4 is 5.32 Å². The number of fused-ring (bicyclic) bond motifs is 1. The Balaban J connectivity index is 1.91. The van der Waals surface area contributed by atoms with Crippen LogP contribution in [0, 0.1) is 19.3 Å². The van der Waals surface area contributed by atoms with Gasteiger partial charge in [0.05, 0.1) is 16.8 Å². The van der Waals surface area contributed by atoms with E-state index in [4.69, 9.17) is 23.0 Å². The molecule has 3 aromatic carbocycles. The molecule has 4 heteroatoms. The van der Waals surface area contributed by atoms with E-state index in [-0.39, 0.29) is 5.91 Å². The van der Waals surface area contributed by atoms with Gasteiger partial charge in [0, 0.05) is 27.2 Å². The molecule has 1 N–H and O–H groups in total. The first-order valence-electron chi connectivity index (χ1n) is 9.10. The van der Waals surface area contributed by atoms with Crippen molar-refractivity contribution in [2.45, 2.75) is 6.92 Å². The molecule has 3 nitrogen and oxygen atoms in total. The minimum atomic E-state index is -0.219. The summed E-state index contributed by atoms with van der Waals surface area (Å²) in [6.07, 6.45) is 5.58. The van der Waals surface area contributed by atoms with Gasteiger partial charge in [0.25, 0.3) is 5.91 Å². The normalized spacial score (nSPS) is 10.5. The highest BCUT2D eigenvalue weighted by molar-refractivity contribution is 6.30. The smallest absolute Gasteiger partial charge is 0.256 e. The standard InChI is InChI=1S/C25H17ClN2O/c1-3-17-9-14-22-21(15-17)23(25(29)27-20-12-10-19(26)11-13-20)16(2)24(28-22)18-7-5-4-6-8-18/h1,4-15H,2H3,(H,27,29). The molecule has 0 saturated heterocycles. The minimum Gasteiger partial charge on any atom is -0.322 e. The zero-order valence-electron chi connectivity index (χ0n) is 15.7. The van der Waals surface area contributed by atoms with Crippen molar-refractivity contribution in [1.29, 1.82) is 0 Å². The Morgan fingerprint density at radius 3 is 2.45 bits per heavy atom. The van der Waals surface area contributed by atoms with E-state index in [1.807, 2.05) is 55.5 Å². The third kappa shape index (κ3) is 3.71. The topological polar surface area (TPSA) is 42.0 Å². The number of benzene rings is 3. The maximum atomic E-state index is 13.3. The SMILES string of the molecule is C#Cc1ccc2nc(-c3ccccc3)c(C)c(C(=O)Nc3ccc(Cl)cc3)c2c1.